The monoisotopic (exact) mass is 430 g/mol. The van der Waals surface area contributed by atoms with Gasteiger partial charge in [-0.05, 0) is 42.7 Å². The SMILES string of the molecule is Nc1nc(Nc2cccc(S(=O)(=O)CCC3CC3)c2)nc(-c2cccc(Cl)n2)n1. The van der Waals surface area contributed by atoms with Crippen LogP contribution in [0.2, 0.25) is 5.15 Å². The molecule has 3 aromatic rings. The molecule has 1 fully saturated rings. The number of nitrogens with zero attached hydrogens (tertiary/aromatic N) is 4. The van der Waals surface area contributed by atoms with Crippen molar-refractivity contribution in [3.8, 4) is 11.5 Å². The molecule has 0 aliphatic heterocycles. The van der Waals surface area contributed by atoms with Crippen LogP contribution in [0.1, 0.15) is 19.3 Å². The molecular formula is C19H19ClN6O2S. The van der Waals surface area contributed by atoms with Crippen molar-refractivity contribution in [3.63, 3.8) is 0 Å². The van der Waals surface area contributed by atoms with Gasteiger partial charge in [-0.1, -0.05) is 36.6 Å². The van der Waals surface area contributed by atoms with Gasteiger partial charge in [-0.15, -0.1) is 0 Å². The number of hydrogen-bond acceptors (Lipinski definition) is 8. The third kappa shape index (κ3) is 4.99. The lowest BCUT2D eigenvalue weighted by Crippen LogP contribution is -2.09. The molecule has 29 heavy (non-hydrogen) atoms. The zero-order valence-corrected chi connectivity index (χ0v) is 17.0. The van der Waals surface area contributed by atoms with E-state index in [4.69, 9.17) is 17.3 Å². The van der Waals surface area contributed by atoms with Crippen molar-refractivity contribution < 1.29 is 8.42 Å². The molecule has 0 saturated heterocycles. The molecule has 1 aliphatic carbocycles. The molecule has 0 amide bonds. The summed E-state index contributed by atoms with van der Waals surface area (Å²) in [5.41, 5.74) is 6.79. The number of hydrogen-bond donors (Lipinski definition) is 2. The summed E-state index contributed by atoms with van der Waals surface area (Å²) in [5, 5.41) is 3.30. The van der Waals surface area contributed by atoms with Crippen LogP contribution in [-0.4, -0.2) is 34.1 Å². The fraction of sp³-hybridized carbons (Fsp3) is 0.263. The summed E-state index contributed by atoms with van der Waals surface area (Å²) in [6.45, 7) is 0. The second kappa shape index (κ2) is 7.92. The summed E-state index contributed by atoms with van der Waals surface area (Å²) in [7, 11) is -3.34. The summed E-state index contributed by atoms with van der Waals surface area (Å²) in [4.78, 5) is 16.9. The molecule has 0 atom stereocenters. The van der Waals surface area contributed by atoms with E-state index in [1.807, 2.05) is 0 Å². The Morgan fingerprint density at radius 2 is 1.86 bits per heavy atom. The summed E-state index contributed by atoms with van der Waals surface area (Å²) in [6, 6.07) is 11.7. The van der Waals surface area contributed by atoms with Crippen LogP contribution in [0.3, 0.4) is 0 Å². The Bertz CT molecular complexity index is 1150. The normalized spacial score (nSPS) is 14.0. The van der Waals surface area contributed by atoms with Gasteiger partial charge in [-0.25, -0.2) is 13.4 Å². The van der Waals surface area contributed by atoms with E-state index in [0.29, 0.717) is 28.9 Å². The first-order valence-electron chi connectivity index (χ1n) is 9.13. The van der Waals surface area contributed by atoms with Crippen molar-refractivity contribution >= 4 is 39.0 Å². The minimum absolute atomic E-state index is 0.00693. The quantitative estimate of drug-likeness (QED) is 0.546. The zero-order valence-electron chi connectivity index (χ0n) is 15.4. The Labute approximate surface area is 173 Å². The number of rotatable bonds is 7. The van der Waals surface area contributed by atoms with E-state index in [1.54, 1.807) is 42.5 Å². The maximum absolute atomic E-state index is 12.6. The molecule has 2 heterocycles. The average molecular weight is 431 g/mol. The molecule has 4 rings (SSSR count). The number of benzene rings is 1. The van der Waals surface area contributed by atoms with E-state index in [2.05, 4.69) is 25.3 Å². The van der Waals surface area contributed by atoms with E-state index in [1.165, 1.54) is 0 Å². The van der Waals surface area contributed by atoms with Gasteiger partial charge < -0.3 is 11.1 Å². The largest absolute Gasteiger partial charge is 0.368 e. The van der Waals surface area contributed by atoms with Crippen LogP contribution in [0.15, 0.2) is 47.4 Å². The number of anilines is 3. The third-order valence-electron chi connectivity index (χ3n) is 4.54. The fourth-order valence-electron chi connectivity index (χ4n) is 2.84. The smallest absolute Gasteiger partial charge is 0.232 e. The van der Waals surface area contributed by atoms with Crippen LogP contribution in [0, 0.1) is 5.92 Å². The molecule has 1 aliphatic rings. The van der Waals surface area contributed by atoms with Gasteiger partial charge in [0.2, 0.25) is 11.9 Å². The van der Waals surface area contributed by atoms with Gasteiger partial charge in [0.15, 0.2) is 15.7 Å². The van der Waals surface area contributed by atoms with E-state index in [0.717, 1.165) is 12.8 Å². The lowest BCUT2D eigenvalue weighted by molar-refractivity contribution is 0.590. The van der Waals surface area contributed by atoms with Crippen LogP contribution in [0.4, 0.5) is 17.6 Å². The minimum atomic E-state index is -3.34. The van der Waals surface area contributed by atoms with Crippen LogP contribution in [-0.2, 0) is 9.84 Å². The first-order valence-corrected chi connectivity index (χ1v) is 11.2. The topological polar surface area (TPSA) is 124 Å². The fourth-order valence-corrected chi connectivity index (χ4v) is 4.47. The molecule has 10 heteroatoms. The molecule has 0 spiro atoms. The Hall–Kier alpha value is -2.78. The minimum Gasteiger partial charge on any atom is -0.368 e. The van der Waals surface area contributed by atoms with Gasteiger partial charge in [-0.2, -0.15) is 15.0 Å². The van der Waals surface area contributed by atoms with Gasteiger partial charge in [0.05, 0.1) is 10.6 Å². The summed E-state index contributed by atoms with van der Waals surface area (Å²) >= 11 is 5.93. The number of aromatic nitrogens is 4. The van der Waals surface area contributed by atoms with Gasteiger partial charge >= 0.3 is 0 Å². The van der Waals surface area contributed by atoms with Crippen molar-refractivity contribution in [2.24, 2.45) is 5.92 Å². The van der Waals surface area contributed by atoms with Crippen LogP contribution < -0.4 is 11.1 Å². The highest BCUT2D eigenvalue weighted by atomic mass is 35.5. The van der Waals surface area contributed by atoms with Gasteiger partial charge in [0.1, 0.15) is 10.8 Å². The molecule has 0 bridgehead atoms. The summed E-state index contributed by atoms with van der Waals surface area (Å²) < 4.78 is 25.2. The molecule has 1 saturated carbocycles. The molecular weight excluding hydrogens is 412 g/mol. The highest BCUT2D eigenvalue weighted by Crippen LogP contribution is 2.33. The highest BCUT2D eigenvalue weighted by Gasteiger charge is 2.25. The van der Waals surface area contributed by atoms with E-state index in [9.17, 15) is 8.42 Å². The number of sulfone groups is 1. The highest BCUT2D eigenvalue weighted by molar-refractivity contribution is 7.91. The number of pyridine rings is 1. The Balaban J connectivity index is 1.58. The van der Waals surface area contributed by atoms with E-state index in [-0.39, 0.29) is 28.4 Å². The van der Waals surface area contributed by atoms with Crippen LogP contribution >= 0.6 is 11.6 Å². The van der Waals surface area contributed by atoms with Crippen molar-refractivity contribution in [3.05, 3.63) is 47.6 Å². The molecule has 3 N–H and O–H groups in total. The molecule has 150 valence electrons. The Morgan fingerprint density at radius 1 is 1.07 bits per heavy atom. The van der Waals surface area contributed by atoms with Crippen LogP contribution in [0.5, 0.6) is 0 Å². The van der Waals surface area contributed by atoms with Crippen molar-refractivity contribution in [2.75, 3.05) is 16.8 Å². The lowest BCUT2D eigenvalue weighted by atomic mass is 10.3. The molecule has 0 unspecified atom stereocenters. The first-order chi connectivity index (χ1) is 13.9. The predicted octanol–water partition coefficient (Wildman–Crippen LogP) is 3.49. The molecule has 0 radical (unpaired) electrons. The van der Waals surface area contributed by atoms with Gasteiger partial charge in [-0.3, -0.25) is 0 Å². The Morgan fingerprint density at radius 3 is 2.62 bits per heavy atom. The second-order valence-electron chi connectivity index (χ2n) is 6.89. The average Bonchev–Trinajstić information content (AvgIpc) is 3.51. The lowest BCUT2D eigenvalue weighted by Gasteiger charge is -2.09. The second-order valence-corrected chi connectivity index (χ2v) is 9.39. The van der Waals surface area contributed by atoms with E-state index >= 15 is 0 Å². The van der Waals surface area contributed by atoms with Crippen LogP contribution in [0.25, 0.3) is 11.5 Å². The predicted molar refractivity (Wildman–Crippen MR) is 112 cm³/mol. The maximum atomic E-state index is 12.6. The number of halogens is 1. The zero-order chi connectivity index (χ0) is 20.4. The van der Waals surface area contributed by atoms with Gasteiger partial charge in [0.25, 0.3) is 0 Å². The number of nitrogen functional groups attached to an aromatic ring is 1. The van der Waals surface area contributed by atoms with Crippen molar-refractivity contribution in [1.29, 1.82) is 0 Å². The van der Waals surface area contributed by atoms with Gasteiger partial charge in [0, 0.05) is 5.69 Å². The summed E-state index contributed by atoms with van der Waals surface area (Å²) in [6.07, 6.45) is 2.96. The number of nitrogens with one attached hydrogen (secondary N) is 1. The molecule has 1 aromatic carbocycles. The van der Waals surface area contributed by atoms with Crippen molar-refractivity contribution in [1.82, 2.24) is 19.9 Å². The molecule has 8 nitrogen and oxygen atoms in total. The Kier molecular flexibility index (Phi) is 5.33. The van der Waals surface area contributed by atoms with Crippen molar-refractivity contribution in [2.45, 2.75) is 24.2 Å². The third-order valence-corrected chi connectivity index (χ3v) is 6.49. The summed E-state index contributed by atoms with van der Waals surface area (Å²) in [5.74, 6) is 1.16. The first kappa shape index (κ1) is 19.5. The standard InChI is InChI=1S/C19H19ClN6O2S/c20-16-6-2-5-15(23-16)17-24-18(21)26-19(25-17)22-13-3-1-4-14(11-13)29(27,28)10-9-12-7-8-12/h1-6,11-12H,7-10H2,(H3,21,22,24,25,26). The molecule has 2 aromatic heterocycles. The van der Waals surface area contributed by atoms with E-state index < -0.39 is 9.84 Å². The number of nitrogens with two attached hydrogens (primary N) is 1. The maximum Gasteiger partial charge on any atom is 0.232 e.